The van der Waals surface area contributed by atoms with Crippen LogP contribution in [0.25, 0.3) is 0 Å². The average molecular weight is 214 g/mol. The van der Waals surface area contributed by atoms with Crippen LogP contribution in [0.4, 0.5) is 8.78 Å². The Morgan fingerprint density at radius 2 is 2.07 bits per heavy atom. The lowest BCUT2D eigenvalue weighted by molar-refractivity contribution is 0.500. The number of halogens is 2. The Labute approximate surface area is 88.5 Å². The molecule has 0 fully saturated rings. The van der Waals surface area contributed by atoms with Gasteiger partial charge in [0.1, 0.15) is 11.6 Å². The Balaban J connectivity index is 2.80. The zero-order chi connectivity index (χ0) is 11.4. The first-order valence-electron chi connectivity index (χ1n) is 4.93. The number of rotatable bonds is 4. The van der Waals surface area contributed by atoms with Gasteiger partial charge in [-0.05, 0) is 25.5 Å². The van der Waals surface area contributed by atoms with Gasteiger partial charge in [-0.15, -0.1) is 0 Å². The van der Waals surface area contributed by atoms with Crippen LogP contribution in [0, 0.1) is 18.6 Å². The predicted octanol–water partition coefficient (Wildman–Crippen LogP) is 1.71. The van der Waals surface area contributed by atoms with E-state index in [4.69, 9.17) is 5.73 Å². The van der Waals surface area contributed by atoms with E-state index in [0.717, 1.165) is 0 Å². The van der Waals surface area contributed by atoms with Crippen LogP contribution >= 0.6 is 0 Å². The standard InChI is InChI=1S/C11H16F2N2/c1-7-3-4-10(12)9(11(7)13)6-15-8(2)5-14/h3-4,8,15H,5-6,14H2,1-2H3/t8-/m0/s1. The van der Waals surface area contributed by atoms with E-state index in [1.54, 1.807) is 6.92 Å². The zero-order valence-corrected chi connectivity index (χ0v) is 8.98. The van der Waals surface area contributed by atoms with Crippen LogP contribution in [0.1, 0.15) is 18.1 Å². The maximum Gasteiger partial charge on any atom is 0.133 e. The van der Waals surface area contributed by atoms with Crippen molar-refractivity contribution >= 4 is 0 Å². The largest absolute Gasteiger partial charge is 0.329 e. The van der Waals surface area contributed by atoms with E-state index in [0.29, 0.717) is 12.1 Å². The first-order chi connectivity index (χ1) is 7.06. The summed E-state index contributed by atoms with van der Waals surface area (Å²) in [4.78, 5) is 0. The van der Waals surface area contributed by atoms with Crippen LogP contribution < -0.4 is 11.1 Å². The maximum absolute atomic E-state index is 13.5. The molecule has 1 aromatic carbocycles. The number of nitrogens with one attached hydrogen (secondary N) is 1. The van der Waals surface area contributed by atoms with Crippen LogP contribution in [0.3, 0.4) is 0 Å². The van der Waals surface area contributed by atoms with Crippen molar-refractivity contribution in [2.75, 3.05) is 6.54 Å². The molecule has 2 nitrogen and oxygen atoms in total. The van der Waals surface area contributed by atoms with Gasteiger partial charge in [-0.1, -0.05) is 6.07 Å². The Morgan fingerprint density at radius 3 is 2.67 bits per heavy atom. The lowest BCUT2D eigenvalue weighted by Crippen LogP contribution is -2.33. The minimum atomic E-state index is -0.519. The summed E-state index contributed by atoms with van der Waals surface area (Å²) in [6, 6.07) is 2.76. The molecule has 1 atom stereocenters. The van der Waals surface area contributed by atoms with Gasteiger partial charge >= 0.3 is 0 Å². The van der Waals surface area contributed by atoms with Gasteiger partial charge in [-0.2, -0.15) is 0 Å². The van der Waals surface area contributed by atoms with Crippen LogP contribution in [0.5, 0.6) is 0 Å². The van der Waals surface area contributed by atoms with E-state index in [2.05, 4.69) is 5.32 Å². The Morgan fingerprint density at radius 1 is 1.40 bits per heavy atom. The normalized spacial score (nSPS) is 12.9. The maximum atomic E-state index is 13.5. The van der Waals surface area contributed by atoms with Crippen molar-refractivity contribution in [2.24, 2.45) is 5.73 Å². The molecule has 15 heavy (non-hydrogen) atoms. The average Bonchev–Trinajstić information content (AvgIpc) is 2.23. The molecule has 0 amide bonds. The Hall–Kier alpha value is -1.00. The SMILES string of the molecule is Cc1ccc(F)c(CN[C@@H](C)CN)c1F. The minimum Gasteiger partial charge on any atom is -0.329 e. The molecule has 1 rings (SSSR count). The summed E-state index contributed by atoms with van der Waals surface area (Å²) in [6.45, 7) is 4.09. The van der Waals surface area contributed by atoms with Crippen molar-refractivity contribution in [3.8, 4) is 0 Å². The second-order valence-electron chi connectivity index (χ2n) is 3.67. The van der Waals surface area contributed by atoms with Gasteiger partial charge < -0.3 is 11.1 Å². The van der Waals surface area contributed by atoms with Gasteiger partial charge in [-0.3, -0.25) is 0 Å². The topological polar surface area (TPSA) is 38.0 Å². The molecule has 0 bridgehead atoms. The monoisotopic (exact) mass is 214 g/mol. The molecule has 0 aliphatic heterocycles. The molecule has 0 saturated carbocycles. The van der Waals surface area contributed by atoms with Gasteiger partial charge in [0.2, 0.25) is 0 Å². The smallest absolute Gasteiger partial charge is 0.133 e. The molecule has 0 unspecified atom stereocenters. The molecule has 0 aliphatic carbocycles. The van der Waals surface area contributed by atoms with Gasteiger partial charge in [0.15, 0.2) is 0 Å². The molecular weight excluding hydrogens is 198 g/mol. The van der Waals surface area contributed by atoms with Crippen LogP contribution in [-0.2, 0) is 6.54 Å². The zero-order valence-electron chi connectivity index (χ0n) is 8.98. The third-order valence-electron chi connectivity index (χ3n) is 2.36. The summed E-state index contributed by atoms with van der Waals surface area (Å²) in [7, 11) is 0. The summed E-state index contributed by atoms with van der Waals surface area (Å²) >= 11 is 0. The first kappa shape index (κ1) is 12.1. The van der Waals surface area contributed by atoms with Crippen LogP contribution in [-0.4, -0.2) is 12.6 Å². The third kappa shape index (κ3) is 2.97. The number of hydrogen-bond acceptors (Lipinski definition) is 2. The van der Waals surface area contributed by atoms with Crippen molar-refractivity contribution < 1.29 is 8.78 Å². The highest BCUT2D eigenvalue weighted by Crippen LogP contribution is 2.15. The van der Waals surface area contributed by atoms with Crippen molar-refractivity contribution in [3.63, 3.8) is 0 Å². The highest BCUT2D eigenvalue weighted by Gasteiger charge is 2.11. The Bertz CT molecular complexity index is 340. The number of hydrogen-bond donors (Lipinski definition) is 2. The lowest BCUT2D eigenvalue weighted by Gasteiger charge is -2.13. The van der Waals surface area contributed by atoms with Crippen LogP contribution in [0.2, 0.25) is 0 Å². The first-order valence-corrected chi connectivity index (χ1v) is 4.93. The van der Waals surface area contributed by atoms with Crippen molar-refractivity contribution in [1.29, 1.82) is 0 Å². The highest BCUT2D eigenvalue weighted by molar-refractivity contribution is 5.26. The Kier molecular flexibility index (Phi) is 4.17. The fourth-order valence-corrected chi connectivity index (χ4v) is 1.24. The molecule has 0 aromatic heterocycles. The quantitative estimate of drug-likeness (QED) is 0.800. The lowest BCUT2D eigenvalue weighted by atomic mass is 10.1. The molecular formula is C11H16F2N2. The summed E-state index contributed by atoms with van der Waals surface area (Å²) in [5, 5.41) is 2.95. The molecule has 0 heterocycles. The molecule has 84 valence electrons. The summed E-state index contributed by atoms with van der Waals surface area (Å²) < 4.78 is 26.8. The van der Waals surface area contributed by atoms with Gasteiger partial charge in [-0.25, -0.2) is 8.78 Å². The second-order valence-corrected chi connectivity index (χ2v) is 3.67. The highest BCUT2D eigenvalue weighted by atomic mass is 19.1. The van der Waals surface area contributed by atoms with Crippen LogP contribution in [0.15, 0.2) is 12.1 Å². The minimum absolute atomic E-state index is 0.0457. The molecule has 1 aromatic rings. The molecule has 0 aliphatic rings. The van der Waals surface area contributed by atoms with E-state index >= 15 is 0 Å². The number of benzene rings is 1. The molecule has 3 N–H and O–H groups in total. The van der Waals surface area contributed by atoms with Crippen molar-refractivity contribution in [2.45, 2.75) is 26.4 Å². The third-order valence-corrected chi connectivity index (χ3v) is 2.36. The number of nitrogens with two attached hydrogens (primary N) is 1. The van der Waals surface area contributed by atoms with E-state index < -0.39 is 11.6 Å². The van der Waals surface area contributed by atoms with Gasteiger partial charge in [0, 0.05) is 24.7 Å². The molecule has 0 radical (unpaired) electrons. The van der Waals surface area contributed by atoms with Crippen molar-refractivity contribution in [1.82, 2.24) is 5.32 Å². The van der Waals surface area contributed by atoms with Crippen molar-refractivity contribution in [3.05, 3.63) is 34.9 Å². The van der Waals surface area contributed by atoms with E-state index in [1.807, 2.05) is 6.92 Å². The summed E-state index contributed by atoms with van der Waals surface area (Å²) in [5.74, 6) is -0.999. The fourth-order valence-electron chi connectivity index (χ4n) is 1.24. The van der Waals surface area contributed by atoms with E-state index in [-0.39, 0.29) is 18.2 Å². The molecule has 0 saturated heterocycles. The van der Waals surface area contributed by atoms with Gasteiger partial charge in [0.05, 0.1) is 0 Å². The molecule has 4 heteroatoms. The predicted molar refractivity (Wildman–Crippen MR) is 56.5 cm³/mol. The van der Waals surface area contributed by atoms with Gasteiger partial charge in [0.25, 0.3) is 0 Å². The van der Waals surface area contributed by atoms with E-state index in [1.165, 1.54) is 12.1 Å². The number of aryl methyl sites for hydroxylation is 1. The fraction of sp³-hybridized carbons (Fsp3) is 0.455. The summed E-state index contributed by atoms with van der Waals surface area (Å²) in [6.07, 6.45) is 0. The molecule has 0 spiro atoms. The second kappa shape index (κ2) is 5.19. The van der Waals surface area contributed by atoms with E-state index in [9.17, 15) is 8.78 Å². The summed E-state index contributed by atoms with van der Waals surface area (Å²) in [5.41, 5.74) is 5.92.